The van der Waals surface area contributed by atoms with Crippen LogP contribution in [0, 0.1) is 11.6 Å². The molecule has 1 amide bonds. The molecule has 1 saturated heterocycles. The van der Waals surface area contributed by atoms with Gasteiger partial charge in [-0.1, -0.05) is 36.4 Å². The average Bonchev–Trinajstić information content (AvgIpc) is 3.21. The number of nitrogens with one attached hydrogen (secondary N) is 1. The van der Waals surface area contributed by atoms with E-state index in [0.29, 0.717) is 25.4 Å². The number of benzene rings is 2. The van der Waals surface area contributed by atoms with Crippen LogP contribution >= 0.6 is 0 Å². The third-order valence-electron chi connectivity index (χ3n) is 6.42. The number of amides is 1. The second-order valence-corrected chi connectivity index (χ2v) is 8.80. The van der Waals surface area contributed by atoms with Crippen molar-refractivity contribution >= 4 is 5.91 Å². The summed E-state index contributed by atoms with van der Waals surface area (Å²) in [7, 11) is 0. The first kappa shape index (κ1) is 23.2. The van der Waals surface area contributed by atoms with E-state index in [-0.39, 0.29) is 42.3 Å². The van der Waals surface area contributed by atoms with Crippen LogP contribution < -0.4 is 15.5 Å². The Labute approximate surface area is 200 Å². The molecule has 35 heavy (non-hydrogen) atoms. The predicted molar refractivity (Wildman–Crippen MR) is 124 cm³/mol. The van der Waals surface area contributed by atoms with Gasteiger partial charge in [-0.2, -0.15) is 0 Å². The zero-order chi connectivity index (χ0) is 24.5. The predicted octanol–water partition coefficient (Wildman–Crippen LogP) is 3.20. The molecule has 182 valence electrons. The molecular formula is C26H25F2N3O4. The normalized spacial score (nSPS) is 19.2. The Hall–Kier alpha value is -3.56. The van der Waals surface area contributed by atoms with E-state index in [1.165, 1.54) is 12.3 Å². The van der Waals surface area contributed by atoms with E-state index >= 15 is 0 Å². The average molecular weight is 481 g/mol. The first-order valence-electron chi connectivity index (χ1n) is 11.4. The van der Waals surface area contributed by atoms with Crippen molar-refractivity contribution in [3.8, 4) is 5.75 Å². The Morgan fingerprint density at radius 1 is 1.20 bits per heavy atom. The maximum absolute atomic E-state index is 14.0. The van der Waals surface area contributed by atoms with Crippen molar-refractivity contribution in [3.63, 3.8) is 0 Å². The molecule has 7 nitrogen and oxygen atoms in total. The van der Waals surface area contributed by atoms with Crippen LogP contribution in [0.2, 0.25) is 0 Å². The van der Waals surface area contributed by atoms with Gasteiger partial charge in [0, 0.05) is 37.0 Å². The number of ether oxygens (including phenoxy) is 2. The van der Waals surface area contributed by atoms with Crippen molar-refractivity contribution in [1.82, 2.24) is 14.8 Å². The second-order valence-electron chi connectivity index (χ2n) is 8.80. The minimum atomic E-state index is -0.771. The SMILES string of the molecule is C[C@H]1CO[C@@H]2Cn3cc(C(=O)NCc4ccc(F)cc4F)c(=O)c(OCc4ccccc4)c3CN12. The zero-order valence-electron chi connectivity index (χ0n) is 19.2. The monoisotopic (exact) mass is 481 g/mol. The largest absolute Gasteiger partial charge is 0.483 e. The first-order chi connectivity index (χ1) is 16.9. The molecule has 0 bridgehead atoms. The molecule has 0 radical (unpaired) electrons. The molecule has 2 aliphatic rings. The van der Waals surface area contributed by atoms with Gasteiger partial charge in [0.1, 0.15) is 30.0 Å². The van der Waals surface area contributed by atoms with Gasteiger partial charge in [0.2, 0.25) is 5.43 Å². The third kappa shape index (κ3) is 4.69. The minimum Gasteiger partial charge on any atom is -0.483 e. The summed E-state index contributed by atoms with van der Waals surface area (Å²) in [6.45, 7) is 3.52. The van der Waals surface area contributed by atoms with E-state index in [0.717, 1.165) is 17.7 Å². The molecule has 3 aromatic rings. The number of hydrogen-bond donors (Lipinski definition) is 1. The second kappa shape index (κ2) is 9.59. The number of carbonyl (C=O) groups excluding carboxylic acids is 1. The van der Waals surface area contributed by atoms with Crippen LogP contribution in [0.4, 0.5) is 8.78 Å². The highest BCUT2D eigenvalue weighted by Crippen LogP contribution is 2.30. The number of pyridine rings is 1. The summed E-state index contributed by atoms with van der Waals surface area (Å²) in [6.07, 6.45) is 1.35. The number of halogens is 2. The molecule has 2 aromatic carbocycles. The van der Waals surface area contributed by atoms with Crippen LogP contribution in [0.5, 0.6) is 5.75 Å². The van der Waals surface area contributed by atoms with Gasteiger partial charge in [-0.15, -0.1) is 0 Å². The number of carbonyl (C=O) groups is 1. The van der Waals surface area contributed by atoms with E-state index in [9.17, 15) is 18.4 Å². The Balaban J connectivity index is 1.45. The minimum absolute atomic E-state index is 0.112. The number of nitrogens with zero attached hydrogens (tertiary/aromatic N) is 2. The lowest BCUT2D eigenvalue weighted by Gasteiger charge is -2.34. The molecule has 1 fully saturated rings. The fraction of sp³-hybridized carbons (Fsp3) is 0.308. The summed E-state index contributed by atoms with van der Waals surface area (Å²) in [5, 5.41) is 2.57. The summed E-state index contributed by atoms with van der Waals surface area (Å²) in [5.74, 6) is -2.02. The van der Waals surface area contributed by atoms with Crippen molar-refractivity contribution in [2.75, 3.05) is 6.61 Å². The lowest BCUT2D eigenvalue weighted by molar-refractivity contribution is -0.00344. The molecule has 9 heteroatoms. The van der Waals surface area contributed by atoms with Crippen LogP contribution in [0.3, 0.4) is 0 Å². The molecule has 5 rings (SSSR count). The molecule has 2 atom stereocenters. The van der Waals surface area contributed by atoms with Crippen molar-refractivity contribution < 1.29 is 23.0 Å². The molecule has 1 aromatic heterocycles. The summed E-state index contributed by atoms with van der Waals surface area (Å²) < 4.78 is 40.9. The van der Waals surface area contributed by atoms with E-state index in [1.807, 2.05) is 34.9 Å². The van der Waals surface area contributed by atoms with Gasteiger partial charge in [0.25, 0.3) is 5.91 Å². The molecule has 0 spiro atoms. The standard InChI is InChI=1S/C26H25F2N3O4/c1-16-14-34-23-13-30-11-20(26(33)29-10-18-7-8-19(27)9-21(18)28)24(32)25(22(30)12-31(16)23)35-15-17-5-3-2-4-6-17/h2-9,11,16,23H,10,12-15H2,1H3,(H,29,33)/t16-,23+/m0/s1. The highest BCUT2D eigenvalue weighted by molar-refractivity contribution is 5.94. The maximum atomic E-state index is 14.0. The Morgan fingerprint density at radius 3 is 2.77 bits per heavy atom. The van der Waals surface area contributed by atoms with Crippen molar-refractivity contribution in [2.24, 2.45) is 0 Å². The topological polar surface area (TPSA) is 72.8 Å². The van der Waals surface area contributed by atoms with Gasteiger partial charge in [0.15, 0.2) is 5.75 Å². The van der Waals surface area contributed by atoms with Gasteiger partial charge in [0.05, 0.1) is 18.8 Å². The van der Waals surface area contributed by atoms with Crippen LogP contribution in [0.1, 0.15) is 34.1 Å². The molecule has 0 saturated carbocycles. The van der Waals surface area contributed by atoms with E-state index < -0.39 is 23.0 Å². The molecule has 0 aliphatic carbocycles. The third-order valence-corrected chi connectivity index (χ3v) is 6.42. The number of aromatic nitrogens is 1. The molecule has 3 heterocycles. The van der Waals surface area contributed by atoms with Gasteiger partial charge < -0.3 is 19.4 Å². The first-order valence-corrected chi connectivity index (χ1v) is 11.4. The number of hydrogen-bond acceptors (Lipinski definition) is 5. The van der Waals surface area contributed by atoms with Crippen molar-refractivity contribution in [1.29, 1.82) is 0 Å². The Kier molecular flexibility index (Phi) is 6.36. The van der Waals surface area contributed by atoms with E-state index in [2.05, 4.69) is 17.1 Å². The van der Waals surface area contributed by atoms with Crippen LogP contribution in [-0.2, 0) is 31.0 Å². The van der Waals surface area contributed by atoms with Crippen LogP contribution in [0.15, 0.2) is 59.5 Å². The number of rotatable bonds is 6. The van der Waals surface area contributed by atoms with Gasteiger partial charge >= 0.3 is 0 Å². The smallest absolute Gasteiger partial charge is 0.257 e. The Morgan fingerprint density at radius 2 is 2.00 bits per heavy atom. The summed E-state index contributed by atoms with van der Waals surface area (Å²) in [5.41, 5.74) is 1.04. The summed E-state index contributed by atoms with van der Waals surface area (Å²) in [4.78, 5) is 28.6. The fourth-order valence-electron chi connectivity index (χ4n) is 4.46. The van der Waals surface area contributed by atoms with Crippen molar-refractivity contribution in [3.05, 3.63) is 99.0 Å². The summed E-state index contributed by atoms with van der Waals surface area (Å²) >= 11 is 0. The fourth-order valence-corrected chi connectivity index (χ4v) is 4.46. The van der Waals surface area contributed by atoms with Gasteiger partial charge in [-0.05, 0) is 18.6 Å². The quantitative estimate of drug-likeness (QED) is 0.586. The number of fused-ring (bicyclic) bond motifs is 2. The Bertz CT molecular complexity index is 1310. The van der Waals surface area contributed by atoms with E-state index in [4.69, 9.17) is 9.47 Å². The molecule has 2 aliphatic heterocycles. The zero-order valence-corrected chi connectivity index (χ0v) is 19.2. The molecule has 0 unspecified atom stereocenters. The van der Waals surface area contributed by atoms with Crippen LogP contribution in [0.25, 0.3) is 0 Å². The van der Waals surface area contributed by atoms with Crippen molar-refractivity contribution in [2.45, 2.75) is 45.4 Å². The highest BCUT2D eigenvalue weighted by Gasteiger charge is 2.38. The molecule has 1 N–H and O–H groups in total. The lowest BCUT2D eigenvalue weighted by atomic mass is 10.1. The van der Waals surface area contributed by atoms with Gasteiger partial charge in [-0.3, -0.25) is 14.5 Å². The van der Waals surface area contributed by atoms with Crippen LogP contribution in [-0.4, -0.2) is 34.3 Å². The summed E-state index contributed by atoms with van der Waals surface area (Å²) in [6, 6.07) is 12.8. The molecular weight excluding hydrogens is 456 g/mol. The highest BCUT2D eigenvalue weighted by atomic mass is 19.1. The van der Waals surface area contributed by atoms with Gasteiger partial charge in [-0.25, -0.2) is 8.78 Å². The maximum Gasteiger partial charge on any atom is 0.257 e. The lowest BCUT2D eigenvalue weighted by Crippen LogP contribution is -2.44. The van der Waals surface area contributed by atoms with E-state index in [1.54, 1.807) is 0 Å².